The van der Waals surface area contributed by atoms with Gasteiger partial charge >= 0.3 is 6.03 Å². The molecule has 10 nitrogen and oxygen atoms in total. The van der Waals surface area contributed by atoms with E-state index in [1.54, 1.807) is 28.0 Å². The molecule has 11 heteroatoms. The third-order valence-electron chi connectivity index (χ3n) is 8.26. The quantitative estimate of drug-likeness (QED) is 0.432. The normalized spacial score (nSPS) is 19.6. The van der Waals surface area contributed by atoms with Gasteiger partial charge in [0, 0.05) is 56.1 Å². The molecule has 0 saturated carbocycles. The largest absolute Gasteiger partial charge is 0.378 e. The van der Waals surface area contributed by atoms with Crippen LogP contribution in [0, 0.1) is 11.7 Å². The summed E-state index contributed by atoms with van der Waals surface area (Å²) < 4.78 is 24.0. The lowest BCUT2D eigenvalue weighted by atomic mass is 9.91. The summed E-state index contributed by atoms with van der Waals surface area (Å²) in [7, 11) is 0. The van der Waals surface area contributed by atoms with E-state index in [0.717, 1.165) is 50.9 Å². The Labute approximate surface area is 252 Å². The van der Waals surface area contributed by atoms with Crippen LogP contribution in [0.2, 0.25) is 0 Å². The molecular formula is C32H42FN5O5. The van der Waals surface area contributed by atoms with E-state index < -0.39 is 0 Å². The van der Waals surface area contributed by atoms with E-state index >= 15 is 0 Å². The highest BCUT2D eigenvalue weighted by Crippen LogP contribution is 2.22. The summed E-state index contributed by atoms with van der Waals surface area (Å²) in [5, 5.41) is 5.75. The van der Waals surface area contributed by atoms with Crippen LogP contribution >= 0.6 is 0 Å². The van der Waals surface area contributed by atoms with Crippen LogP contribution in [0.25, 0.3) is 0 Å². The Bertz CT molecular complexity index is 1200. The van der Waals surface area contributed by atoms with Crippen LogP contribution in [-0.2, 0) is 15.9 Å². The molecule has 2 aromatic rings. The third-order valence-corrected chi connectivity index (χ3v) is 8.26. The maximum Gasteiger partial charge on any atom is 0.319 e. The molecule has 2 N–H and O–H groups in total. The minimum Gasteiger partial charge on any atom is -0.378 e. The van der Waals surface area contributed by atoms with Crippen LogP contribution < -0.4 is 10.6 Å². The molecule has 0 unspecified atom stereocenters. The predicted molar refractivity (Wildman–Crippen MR) is 161 cm³/mol. The van der Waals surface area contributed by atoms with Gasteiger partial charge in [0.05, 0.1) is 26.4 Å². The predicted octanol–water partition coefficient (Wildman–Crippen LogP) is 3.24. The smallest absolute Gasteiger partial charge is 0.319 e. The van der Waals surface area contributed by atoms with Gasteiger partial charge < -0.3 is 34.8 Å². The summed E-state index contributed by atoms with van der Waals surface area (Å²) in [4.78, 5) is 45.2. The molecule has 4 amide bonds. The van der Waals surface area contributed by atoms with Crippen LogP contribution in [0.1, 0.15) is 45.5 Å². The van der Waals surface area contributed by atoms with Gasteiger partial charge in [0.25, 0.3) is 11.8 Å². The number of rotatable bonds is 9. The fourth-order valence-corrected chi connectivity index (χ4v) is 6.00. The van der Waals surface area contributed by atoms with Crippen LogP contribution in [0.15, 0.2) is 42.5 Å². The van der Waals surface area contributed by atoms with E-state index in [2.05, 4.69) is 15.5 Å². The van der Waals surface area contributed by atoms with Gasteiger partial charge in [-0.1, -0.05) is 12.1 Å². The van der Waals surface area contributed by atoms with Gasteiger partial charge in [-0.25, -0.2) is 9.18 Å². The minimum absolute atomic E-state index is 0.192. The lowest BCUT2D eigenvalue weighted by Gasteiger charge is -2.32. The van der Waals surface area contributed by atoms with Crippen LogP contribution in [0.3, 0.4) is 0 Å². The molecule has 3 fully saturated rings. The molecule has 3 aliphatic heterocycles. The van der Waals surface area contributed by atoms with Gasteiger partial charge in [0.2, 0.25) is 0 Å². The number of ether oxygens (including phenoxy) is 2. The molecular weight excluding hydrogens is 553 g/mol. The minimum atomic E-state index is -0.381. The van der Waals surface area contributed by atoms with Crippen molar-refractivity contribution in [2.24, 2.45) is 5.92 Å². The van der Waals surface area contributed by atoms with Crippen LogP contribution in [0.5, 0.6) is 0 Å². The van der Waals surface area contributed by atoms with E-state index in [4.69, 9.17) is 9.47 Å². The fourth-order valence-electron chi connectivity index (χ4n) is 6.00. The highest BCUT2D eigenvalue weighted by molar-refractivity contribution is 6.02. The number of benzene rings is 2. The number of halogens is 1. The number of morpholine rings is 2. The van der Waals surface area contributed by atoms with Gasteiger partial charge in [-0.15, -0.1) is 0 Å². The zero-order chi connectivity index (χ0) is 30.0. The number of carbonyl (C=O) groups excluding carboxylic acids is 3. The molecule has 3 aliphatic rings. The number of carbonyl (C=O) groups is 3. The van der Waals surface area contributed by atoms with Crippen molar-refractivity contribution < 1.29 is 28.2 Å². The van der Waals surface area contributed by atoms with E-state index in [-0.39, 0.29) is 23.7 Å². The number of amides is 4. The Balaban J connectivity index is 1.14. The second kappa shape index (κ2) is 15.3. The number of anilines is 1. The van der Waals surface area contributed by atoms with Crippen molar-refractivity contribution in [3.8, 4) is 0 Å². The molecule has 3 saturated heterocycles. The monoisotopic (exact) mass is 595 g/mol. The molecule has 0 aliphatic carbocycles. The first kappa shape index (κ1) is 30.9. The first-order valence-corrected chi connectivity index (χ1v) is 15.4. The molecule has 0 spiro atoms. The zero-order valence-corrected chi connectivity index (χ0v) is 24.7. The van der Waals surface area contributed by atoms with Crippen molar-refractivity contribution in [2.75, 3.05) is 84.1 Å². The van der Waals surface area contributed by atoms with Crippen molar-refractivity contribution in [2.45, 2.75) is 25.7 Å². The van der Waals surface area contributed by atoms with E-state index in [1.807, 2.05) is 12.1 Å². The Kier molecular flexibility index (Phi) is 11.0. The summed E-state index contributed by atoms with van der Waals surface area (Å²) >= 11 is 0. The Hall–Kier alpha value is -3.54. The second-order valence-electron chi connectivity index (χ2n) is 11.5. The average Bonchev–Trinajstić information content (AvgIpc) is 3.04. The average molecular weight is 596 g/mol. The highest BCUT2D eigenvalue weighted by Gasteiger charge is 2.24. The van der Waals surface area contributed by atoms with E-state index in [9.17, 15) is 18.8 Å². The third kappa shape index (κ3) is 8.98. The van der Waals surface area contributed by atoms with Crippen LogP contribution in [0.4, 0.5) is 14.9 Å². The zero-order valence-electron chi connectivity index (χ0n) is 24.7. The van der Waals surface area contributed by atoms with E-state index in [0.29, 0.717) is 81.9 Å². The topological polar surface area (TPSA) is 103 Å². The SMILES string of the molecule is O=C(NCCCN1CCC[C@@H](Cc2ccc(F)cc2)C1)Nc1cc(C(=O)N2CCOCC2)cc(C(=O)N2CCOCC2)c1. The lowest BCUT2D eigenvalue weighted by molar-refractivity contribution is 0.0298. The number of hydrogen-bond acceptors (Lipinski definition) is 6. The maximum absolute atomic E-state index is 13.3. The number of likely N-dealkylation sites (tertiary alicyclic amines) is 1. The Morgan fingerprint density at radius 1 is 0.837 bits per heavy atom. The molecule has 1 atom stereocenters. The molecule has 5 rings (SSSR count). The van der Waals surface area contributed by atoms with Crippen molar-refractivity contribution >= 4 is 23.5 Å². The van der Waals surface area contributed by atoms with Crippen molar-refractivity contribution in [1.29, 1.82) is 0 Å². The van der Waals surface area contributed by atoms with Gasteiger partial charge in [-0.3, -0.25) is 9.59 Å². The molecule has 0 radical (unpaired) electrons. The van der Waals surface area contributed by atoms with Crippen LogP contribution in [-0.4, -0.2) is 111 Å². The second-order valence-corrected chi connectivity index (χ2v) is 11.5. The molecule has 0 aromatic heterocycles. The molecule has 2 aromatic carbocycles. The lowest BCUT2D eigenvalue weighted by Crippen LogP contribution is -2.42. The summed E-state index contributed by atoms with van der Waals surface area (Å²) in [5.74, 6) is -0.0516. The molecule has 43 heavy (non-hydrogen) atoms. The summed E-state index contributed by atoms with van der Waals surface area (Å²) in [6.07, 6.45) is 4.04. The summed E-state index contributed by atoms with van der Waals surface area (Å²) in [5.41, 5.74) is 2.28. The summed E-state index contributed by atoms with van der Waals surface area (Å²) in [6, 6.07) is 11.3. The van der Waals surface area contributed by atoms with Gasteiger partial charge in [-0.05, 0) is 80.6 Å². The Morgan fingerprint density at radius 2 is 1.44 bits per heavy atom. The molecule has 0 bridgehead atoms. The number of nitrogens with one attached hydrogen (secondary N) is 2. The fraction of sp³-hybridized carbons (Fsp3) is 0.531. The number of urea groups is 1. The molecule has 3 heterocycles. The maximum atomic E-state index is 13.3. The highest BCUT2D eigenvalue weighted by atomic mass is 19.1. The standard InChI is InChI=1S/C32H42FN5O5/c33-28-6-4-24(5-7-28)19-25-3-1-9-36(23-25)10-2-8-34-32(41)35-29-21-26(30(39)37-11-15-42-16-12-37)20-27(22-29)31(40)38-13-17-43-18-14-38/h4-7,20-22,25H,1-3,8-19,23H2,(H2,34,35,41)/t25-/m0/s1. The number of piperidine rings is 1. The first-order chi connectivity index (χ1) is 20.9. The van der Waals surface area contributed by atoms with Gasteiger partial charge in [0.15, 0.2) is 0 Å². The molecule has 232 valence electrons. The number of nitrogens with zero attached hydrogens (tertiary/aromatic N) is 3. The Morgan fingerprint density at radius 3 is 2.05 bits per heavy atom. The first-order valence-electron chi connectivity index (χ1n) is 15.4. The van der Waals surface area contributed by atoms with E-state index in [1.165, 1.54) is 12.1 Å². The summed E-state index contributed by atoms with van der Waals surface area (Å²) in [6.45, 7) is 7.21. The van der Waals surface area contributed by atoms with Crippen molar-refractivity contribution in [3.63, 3.8) is 0 Å². The number of hydrogen-bond donors (Lipinski definition) is 2. The van der Waals surface area contributed by atoms with Gasteiger partial charge in [0.1, 0.15) is 5.82 Å². The van der Waals surface area contributed by atoms with Crippen molar-refractivity contribution in [1.82, 2.24) is 20.0 Å². The van der Waals surface area contributed by atoms with Gasteiger partial charge in [-0.2, -0.15) is 0 Å². The van der Waals surface area contributed by atoms with Crippen molar-refractivity contribution in [3.05, 3.63) is 65.0 Å².